The third-order valence-electron chi connectivity index (χ3n) is 7.64. The molecular formula is C28H32F6N2O2. The zero-order valence-corrected chi connectivity index (χ0v) is 21.0. The summed E-state index contributed by atoms with van der Waals surface area (Å²) in [6.07, 6.45) is -6.33. The van der Waals surface area contributed by atoms with Crippen molar-refractivity contribution in [3.63, 3.8) is 0 Å². The molecule has 0 radical (unpaired) electrons. The second-order valence-electron chi connectivity index (χ2n) is 10.4. The summed E-state index contributed by atoms with van der Waals surface area (Å²) >= 11 is 0. The molecular weight excluding hydrogens is 510 g/mol. The maximum Gasteiger partial charge on any atom is 0.416 e. The molecule has 0 atom stereocenters. The van der Waals surface area contributed by atoms with Crippen molar-refractivity contribution >= 4 is 5.91 Å². The number of rotatable bonds is 7. The lowest BCUT2D eigenvalue weighted by atomic mass is 9.72. The van der Waals surface area contributed by atoms with E-state index in [4.69, 9.17) is 4.74 Å². The molecule has 2 aromatic rings. The minimum absolute atomic E-state index is 0.0936. The van der Waals surface area contributed by atoms with Crippen LogP contribution in [0.5, 0.6) is 0 Å². The fourth-order valence-corrected chi connectivity index (χ4v) is 5.42. The number of alkyl halides is 6. The van der Waals surface area contributed by atoms with Crippen LogP contribution in [-0.2, 0) is 34.8 Å². The van der Waals surface area contributed by atoms with Gasteiger partial charge in [0.15, 0.2) is 0 Å². The summed E-state index contributed by atoms with van der Waals surface area (Å²) < 4.78 is 85.0. The van der Waals surface area contributed by atoms with Gasteiger partial charge in [0.1, 0.15) is 0 Å². The second-order valence-corrected chi connectivity index (χ2v) is 10.4. The van der Waals surface area contributed by atoms with Crippen LogP contribution in [-0.4, -0.2) is 43.7 Å². The smallest absolute Gasteiger partial charge is 0.381 e. The lowest BCUT2D eigenvalue weighted by molar-refractivity contribution is -0.143. The first-order chi connectivity index (χ1) is 17.9. The van der Waals surface area contributed by atoms with Crippen molar-refractivity contribution in [3.05, 3.63) is 70.8 Å². The first kappa shape index (κ1) is 28.4. The molecule has 4 rings (SSSR count). The van der Waals surface area contributed by atoms with Crippen LogP contribution >= 0.6 is 0 Å². The van der Waals surface area contributed by atoms with Gasteiger partial charge < -0.3 is 15.0 Å². The molecule has 2 aliphatic heterocycles. The molecule has 1 amide bonds. The van der Waals surface area contributed by atoms with Crippen molar-refractivity contribution in [2.24, 2.45) is 11.3 Å². The predicted molar refractivity (Wildman–Crippen MR) is 130 cm³/mol. The Balaban J connectivity index is 1.49. The van der Waals surface area contributed by atoms with Gasteiger partial charge in [-0.05, 0) is 80.4 Å². The maximum absolute atomic E-state index is 13.6. The number of nitrogens with zero attached hydrogens (tertiary/aromatic N) is 1. The van der Waals surface area contributed by atoms with E-state index in [0.29, 0.717) is 50.4 Å². The van der Waals surface area contributed by atoms with Gasteiger partial charge in [-0.15, -0.1) is 0 Å². The molecule has 2 aromatic carbocycles. The second kappa shape index (κ2) is 11.7. The summed E-state index contributed by atoms with van der Waals surface area (Å²) in [5, 5.41) is 2.67. The highest BCUT2D eigenvalue weighted by molar-refractivity contribution is 5.83. The van der Waals surface area contributed by atoms with E-state index >= 15 is 0 Å². The van der Waals surface area contributed by atoms with Crippen LogP contribution in [0.15, 0.2) is 48.5 Å². The van der Waals surface area contributed by atoms with Gasteiger partial charge >= 0.3 is 12.4 Å². The summed E-state index contributed by atoms with van der Waals surface area (Å²) in [4.78, 5) is 15.9. The van der Waals surface area contributed by atoms with E-state index in [0.717, 1.165) is 38.2 Å². The Bertz CT molecular complexity index is 1040. The van der Waals surface area contributed by atoms with Crippen molar-refractivity contribution in [2.45, 2.75) is 51.0 Å². The Morgan fingerprint density at radius 1 is 0.895 bits per heavy atom. The molecule has 1 N–H and O–H groups in total. The molecule has 0 saturated carbocycles. The third kappa shape index (κ3) is 7.28. The molecule has 0 unspecified atom stereocenters. The van der Waals surface area contributed by atoms with Gasteiger partial charge in [-0.1, -0.05) is 30.3 Å². The Kier molecular flexibility index (Phi) is 8.72. The molecule has 10 heteroatoms. The molecule has 0 bridgehead atoms. The average molecular weight is 543 g/mol. The predicted octanol–water partition coefficient (Wildman–Crippen LogP) is 6.09. The fraction of sp³-hybridized carbons (Fsp3) is 0.536. The molecule has 4 nitrogen and oxygen atoms in total. The van der Waals surface area contributed by atoms with Gasteiger partial charge in [0.25, 0.3) is 0 Å². The number of hydrogen-bond acceptors (Lipinski definition) is 3. The minimum atomic E-state index is -4.94. The van der Waals surface area contributed by atoms with Crippen LogP contribution < -0.4 is 5.32 Å². The minimum Gasteiger partial charge on any atom is -0.381 e. The van der Waals surface area contributed by atoms with Gasteiger partial charge in [0, 0.05) is 26.3 Å². The molecule has 0 aromatic heterocycles. The molecule has 208 valence electrons. The lowest BCUT2D eigenvalue weighted by Gasteiger charge is -2.42. The van der Waals surface area contributed by atoms with Crippen molar-refractivity contribution in [1.29, 1.82) is 0 Å². The normalized spacial score (nSPS) is 19.3. The zero-order chi connectivity index (χ0) is 27.4. The first-order valence-corrected chi connectivity index (χ1v) is 12.9. The number of piperidine rings is 1. The maximum atomic E-state index is 13.6. The van der Waals surface area contributed by atoms with E-state index in [-0.39, 0.29) is 17.5 Å². The Labute approximate surface area is 218 Å². The zero-order valence-electron chi connectivity index (χ0n) is 21.0. The molecule has 0 spiro atoms. The molecule has 2 fully saturated rings. The molecule has 0 aliphatic carbocycles. The fourth-order valence-electron chi connectivity index (χ4n) is 5.42. The Morgan fingerprint density at radius 2 is 1.47 bits per heavy atom. The largest absolute Gasteiger partial charge is 0.416 e. The number of carbonyl (C=O) groups is 1. The summed E-state index contributed by atoms with van der Waals surface area (Å²) in [5.41, 5.74) is -2.87. The topological polar surface area (TPSA) is 41.6 Å². The molecule has 2 heterocycles. The van der Waals surface area contributed by atoms with E-state index < -0.39 is 35.4 Å². The van der Waals surface area contributed by atoms with E-state index in [9.17, 15) is 31.1 Å². The number of halogens is 6. The highest BCUT2D eigenvalue weighted by Crippen LogP contribution is 2.38. The number of nitrogens with one attached hydrogen (secondary N) is 1. The van der Waals surface area contributed by atoms with Gasteiger partial charge in [0.05, 0.1) is 16.5 Å². The van der Waals surface area contributed by atoms with Crippen molar-refractivity contribution in [1.82, 2.24) is 10.2 Å². The summed E-state index contributed by atoms with van der Waals surface area (Å²) in [5.74, 6) is 0.195. The van der Waals surface area contributed by atoms with Crippen LogP contribution in [0.2, 0.25) is 0 Å². The van der Waals surface area contributed by atoms with E-state index in [1.54, 1.807) is 0 Å². The van der Waals surface area contributed by atoms with Crippen molar-refractivity contribution in [2.75, 3.05) is 32.8 Å². The number of hydrogen-bond donors (Lipinski definition) is 1. The number of amides is 1. The Hall–Kier alpha value is -2.59. The Morgan fingerprint density at radius 3 is 2.03 bits per heavy atom. The van der Waals surface area contributed by atoms with Gasteiger partial charge in [0.2, 0.25) is 5.91 Å². The van der Waals surface area contributed by atoms with Crippen LogP contribution in [0.1, 0.15) is 47.9 Å². The van der Waals surface area contributed by atoms with Crippen LogP contribution in [0, 0.1) is 11.3 Å². The van der Waals surface area contributed by atoms with Crippen molar-refractivity contribution in [3.8, 4) is 0 Å². The van der Waals surface area contributed by atoms with Crippen LogP contribution in [0.3, 0.4) is 0 Å². The highest BCUT2D eigenvalue weighted by Gasteiger charge is 2.42. The van der Waals surface area contributed by atoms with Crippen molar-refractivity contribution < 1.29 is 35.9 Å². The monoisotopic (exact) mass is 542 g/mol. The lowest BCUT2D eigenvalue weighted by Crippen LogP contribution is -2.50. The van der Waals surface area contributed by atoms with Gasteiger partial charge in [-0.25, -0.2) is 0 Å². The first-order valence-electron chi connectivity index (χ1n) is 12.9. The number of carbonyl (C=O) groups excluding carboxylic acids is 1. The van der Waals surface area contributed by atoms with E-state index in [1.807, 2.05) is 30.3 Å². The standard InChI is InChI=1S/C28H32F6N2O2/c29-27(30,31)23-14-22(15-24(16-23)28(32,33)34)18-35-25(37)26(17-20-4-2-1-3-5-20)8-10-36(11-9-26)19-21-6-12-38-13-7-21/h1-5,14-16,21H,6-13,17-19H2,(H,35,37). The molecule has 2 saturated heterocycles. The van der Waals surface area contributed by atoms with Crippen LogP contribution in [0.4, 0.5) is 26.3 Å². The number of benzene rings is 2. The average Bonchev–Trinajstić information content (AvgIpc) is 2.88. The highest BCUT2D eigenvalue weighted by atomic mass is 19.4. The number of likely N-dealkylation sites (tertiary alicyclic amines) is 1. The van der Waals surface area contributed by atoms with E-state index in [1.165, 1.54) is 0 Å². The van der Waals surface area contributed by atoms with Gasteiger partial charge in [-0.2, -0.15) is 26.3 Å². The molecule has 2 aliphatic rings. The number of ether oxygens (including phenoxy) is 1. The third-order valence-corrected chi connectivity index (χ3v) is 7.64. The SMILES string of the molecule is O=C(NCc1cc(C(F)(F)F)cc(C(F)(F)F)c1)C1(Cc2ccccc2)CCN(CC2CCOCC2)CC1. The summed E-state index contributed by atoms with van der Waals surface area (Å²) in [6, 6.07) is 10.9. The summed E-state index contributed by atoms with van der Waals surface area (Å²) in [7, 11) is 0. The molecule has 38 heavy (non-hydrogen) atoms. The van der Waals surface area contributed by atoms with E-state index in [2.05, 4.69) is 10.2 Å². The van der Waals surface area contributed by atoms with Gasteiger partial charge in [-0.3, -0.25) is 4.79 Å². The quantitative estimate of drug-likeness (QED) is 0.431. The van der Waals surface area contributed by atoms with Crippen LogP contribution in [0.25, 0.3) is 0 Å². The summed E-state index contributed by atoms with van der Waals surface area (Å²) in [6.45, 7) is 3.40.